The Morgan fingerprint density at radius 3 is 2.75 bits per heavy atom. The van der Waals surface area contributed by atoms with E-state index in [9.17, 15) is 9.18 Å². The largest absolute Gasteiger partial charge is 0.455 e. The van der Waals surface area contributed by atoms with E-state index < -0.39 is 0 Å². The van der Waals surface area contributed by atoms with Gasteiger partial charge in [-0.05, 0) is 44.1 Å². The zero-order valence-electron chi connectivity index (χ0n) is 15.6. The Morgan fingerprint density at radius 1 is 1.11 bits per heavy atom. The van der Waals surface area contributed by atoms with Gasteiger partial charge in [0.15, 0.2) is 5.76 Å². The van der Waals surface area contributed by atoms with Crippen molar-refractivity contribution in [2.24, 2.45) is 0 Å². The first kappa shape index (κ1) is 18.4. The van der Waals surface area contributed by atoms with E-state index in [4.69, 9.17) is 4.42 Å². The van der Waals surface area contributed by atoms with Crippen molar-refractivity contribution in [3.05, 3.63) is 71.7 Å². The standard InChI is InChI=1S/C21H23FN4O2/c22-19-7-3-2-6-16(19)13-26-14-17(12-23-26)24-21(27)20-9-8-18(28-20)15-25-10-4-1-5-11-25/h2-3,6-9,12,14H,1,4-5,10-11,13,15H2,(H,24,27). The number of anilines is 1. The minimum Gasteiger partial charge on any atom is -0.455 e. The first-order chi connectivity index (χ1) is 13.7. The first-order valence-electron chi connectivity index (χ1n) is 9.56. The molecule has 4 rings (SSSR count). The molecule has 3 aromatic rings. The van der Waals surface area contributed by atoms with Crippen LogP contribution in [0.25, 0.3) is 0 Å². The summed E-state index contributed by atoms with van der Waals surface area (Å²) < 4.78 is 21.0. The summed E-state index contributed by atoms with van der Waals surface area (Å²) in [7, 11) is 0. The predicted molar refractivity (Wildman–Crippen MR) is 104 cm³/mol. The molecule has 0 spiro atoms. The third-order valence-corrected chi connectivity index (χ3v) is 4.89. The summed E-state index contributed by atoms with van der Waals surface area (Å²) in [5, 5.41) is 6.95. The number of likely N-dealkylation sites (tertiary alicyclic amines) is 1. The van der Waals surface area contributed by atoms with E-state index in [1.54, 1.807) is 35.1 Å². The maximum Gasteiger partial charge on any atom is 0.291 e. The highest BCUT2D eigenvalue weighted by Gasteiger charge is 2.16. The first-order valence-corrected chi connectivity index (χ1v) is 9.56. The van der Waals surface area contributed by atoms with Crippen LogP contribution in [0, 0.1) is 5.82 Å². The average Bonchev–Trinajstić information content (AvgIpc) is 3.34. The van der Waals surface area contributed by atoms with Crippen LogP contribution in [0.5, 0.6) is 0 Å². The van der Waals surface area contributed by atoms with E-state index in [0.717, 1.165) is 25.4 Å². The predicted octanol–water partition coefficient (Wildman–Crippen LogP) is 3.90. The number of halogens is 1. The summed E-state index contributed by atoms with van der Waals surface area (Å²) in [4.78, 5) is 14.8. The van der Waals surface area contributed by atoms with Gasteiger partial charge in [0.05, 0.1) is 25.0 Å². The number of benzene rings is 1. The average molecular weight is 382 g/mol. The highest BCUT2D eigenvalue weighted by molar-refractivity contribution is 6.02. The number of carbonyl (C=O) groups excluding carboxylic acids is 1. The van der Waals surface area contributed by atoms with Gasteiger partial charge < -0.3 is 9.73 Å². The normalized spacial score (nSPS) is 14.9. The molecule has 1 saturated heterocycles. The van der Waals surface area contributed by atoms with Crippen molar-refractivity contribution in [3.8, 4) is 0 Å². The third kappa shape index (κ3) is 4.48. The molecule has 3 heterocycles. The highest BCUT2D eigenvalue weighted by atomic mass is 19.1. The minimum absolute atomic E-state index is 0.272. The van der Waals surface area contributed by atoms with Crippen LogP contribution in [0.15, 0.2) is 53.2 Å². The molecule has 6 nitrogen and oxygen atoms in total. The van der Waals surface area contributed by atoms with Crippen LogP contribution in [0.4, 0.5) is 10.1 Å². The maximum atomic E-state index is 13.8. The van der Waals surface area contributed by atoms with Crippen LogP contribution in [0.1, 0.15) is 41.1 Å². The molecule has 1 N–H and O–H groups in total. The molecule has 1 amide bonds. The van der Waals surface area contributed by atoms with Gasteiger partial charge in [0.2, 0.25) is 0 Å². The van der Waals surface area contributed by atoms with Gasteiger partial charge in [0.25, 0.3) is 5.91 Å². The lowest BCUT2D eigenvalue weighted by molar-refractivity contribution is 0.0992. The summed E-state index contributed by atoms with van der Waals surface area (Å²) >= 11 is 0. The van der Waals surface area contributed by atoms with Gasteiger partial charge in [0.1, 0.15) is 11.6 Å². The van der Waals surface area contributed by atoms with Gasteiger partial charge in [-0.3, -0.25) is 14.4 Å². The lowest BCUT2D eigenvalue weighted by Crippen LogP contribution is -2.28. The fourth-order valence-electron chi connectivity index (χ4n) is 3.43. The van der Waals surface area contributed by atoms with Crippen molar-refractivity contribution in [1.29, 1.82) is 0 Å². The molecule has 1 aliphatic heterocycles. The van der Waals surface area contributed by atoms with Gasteiger partial charge >= 0.3 is 0 Å². The second-order valence-electron chi connectivity index (χ2n) is 7.07. The molecule has 0 radical (unpaired) electrons. The number of nitrogens with one attached hydrogen (secondary N) is 1. The molecular weight excluding hydrogens is 359 g/mol. The van der Waals surface area contributed by atoms with Gasteiger partial charge in [-0.2, -0.15) is 5.10 Å². The highest BCUT2D eigenvalue weighted by Crippen LogP contribution is 2.17. The number of hydrogen-bond acceptors (Lipinski definition) is 4. The Morgan fingerprint density at radius 2 is 1.93 bits per heavy atom. The Balaban J connectivity index is 1.35. The Hall–Kier alpha value is -2.93. The molecule has 0 aliphatic carbocycles. The van der Waals surface area contributed by atoms with Gasteiger partial charge in [-0.25, -0.2) is 4.39 Å². The van der Waals surface area contributed by atoms with Crippen LogP contribution in [-0.4, -0.2) is 33.7 Å². The minimum atomic E-state index is -0.324. The fraction of sp³-hybridized carbons (Fsp3) is 0.333. The molecule has 28 heavy (non-hydrogen) atoms. The monoisotopic (exact) mass is 382 g/mol. The van der Waals surface area contributed by atoms with Crippen molar-refractivity contribution in [2.75, 3.05) is 18.4 Å². The molecule has 0 bridgehead atoms. The van der Waals surface area contributed by atoms with Crippen molar-refractivity contribution in [2.45, 2.75) is 32.4 Å². The number of nitrogens with zero attached hydrogens (tertiary/aromatic N) is 3. The van der Waals surface area contributed by atoms with Crippen LogP contribution in [0.3, 0.4) is 0 Å². The number of piperidine rings is 1. The number of aromatic nitrogens is 2. The molecule has 2 aromatic heterocycles. The van der Waals surface area contributed by atoms with Crippen molar-refractivity contribution in [3.63, 3.8) is 0 Å². The number of amides is 1. The van der Waals surface area contributed by atoms with Gasteiger partial charge in [-0.15, -0.1) is 0 Å². The van der Waals surface area contributed by atoms with Crippen LogP contribution >= 0.6 is 0 Å². The van der Waals surface area contributed by atoms with Crippen molar-refractivity contribution < 1.29 is 13.6 Å². The molecule has 1 aliphatic rings. The van der Waals surface area contributed by atoms with Gasteiger partial charge in [-0.1, -0.05) is 24.6 Å². The van der Waals surface area contributed by atoms with Crippen molar-refractivity contribution in [1.82, 2.24) is 14.7 Å². The lowest BCUT2D eigenvalue weighted by atomic mass is 10.1. The zero-order chi connectivity index (χ0) is 19.3. The summed E-state index contributed by atoms with van der Waals surface area (Å²) in [6, 6.07) is 10.1. The van der Waals surface area contributed by atoms with Crippen molar-refractivity contribution >= 4 is 11.6 Å². The van der Waals surface area contributed by atoms with E-state index in [0.29, 0.717) is 17.8 Å². The molecular formula is C21H23FN4O2. The lowest BCUT2D eigenvalue weighted by Gasteiger charge is -2.25. The van der Waals surface area contributed by atoms with E-state index in [1.807, 2.05) is 6.07 Å². The topological polar surface area (TPSA) is 63.3 Å². The molecule has 0 unspecified atom stereocenters. The molecule has 1 fully saturated rings. The van der Waals surface area contributed by atoms with Crippen LogP contribution in [0.2, 0.25) is 0 Å². The van der Waals surface area contributed by atoms with E-state index >= 15 is 0 Å². The third-order valence-electron chi connectivity index (χ3n) is 4.89. The number of carbonyl (C=O) groups is 1. The molecule has 1 aromatic carbocycles. The van der Waals surface area contributed by atoms with E-state index in [-0.39, 0.29) is 17.5 Å². The molecule has 0 atom stereocenters. The second-order valence-corrected chi connectivity index (χ2v) is 7.07. The smallest absolute Gasteiger partial charge is 0.291 e. The van der Waals surface area contributed by atoms with Gasteiger partial charge in [0, 0.05) is 11.8 Å². The molecule has 7 heteroatoms. The Kier molecular flexibility index (Phi) is 5.53. The Bertz CT molecular complexity index is 943. The summed E-state index contributed by atoms with van der Waals surface area (Å²) in [5.41, 5.74) is 1.08. The summed E-state index contributed by atoms with van der Waals surface area (Å²) in [6.45, 7) is 3.17. The number of hydrogen-bond donors (Lipinski definition) is 1. The Labute approximate surface area is 162 Å². The molecule has 0 saturated carbocycles. The quantitative estimate of drug-likeness (QED) is 0.702. The fourth-order valence-corrected chi connectivity index (χ4v) is 3.43. The SMILES string of the molecule is O=C(Nc1cnn(Cc2ccccc2F)c1)c1ccc(CN2CCCCC2)o1. The number of rotatable bonds is 6. The van der Waals surface area contributed by atoms with E-state index in [2.05, 4.69) is 15.3 Å². The van der Waals surface area contributed by atoms with Crippen LogP contribution in [-0.2, 0) is 13.1 Å². The summed E-state index contributed by atoms with van der Waals surface area (Å²) in [5.74, 6) is 0.465. The summed E-state index contributed by atoms with van der Waals surface area (Å²) in [6.07, 6.45) is 6.92. The zero-order valence-corrected chi connectivity index (χ0v) is 15.6. The number of furan rings is 1. The van der Waals surface area contributed by atoms with Crippen LogP contribution < -0.4 is 5.32 Å². The van der Waals surface area contributed by atoms with E-state index in [1.165, 1.54) is 31.5 Å². The molecule has 146 valence electrons. The maximum absolute atomic E-state index is 13.8. The second kappa shape index (κ2) is 8.39.